The molecular weight excluding hydrogens is 481 g/mol. The van der Waals surface area contributed by atoms with Gasteiger partial charge in [0.05, 0.1) is 23.1 Å². The fourth-order valence-corrected chi connectivity index (χ4v) is 4.61. The molecule has 4 heterocycles. The van der Waals surface area contributed by atoms with Crippen molar-refractivity contribution in [2.75, 3.05) is 13.1 Å². The van der Waals surface area contributed by atoms with E-state index in [-0.39, 0.29) is 30.0 Å². The van der Waals surface area contributed by atoms with E-state index in [9.17, 15) is 26.7 Å². The normalized spacial score (nSPS) is 18.1. The first-order chi connectivity index (χ1) is 17.1. The largest absolute Gasteiger partial charge is 0.418 e. The van der Waals surface area contributed by atoms with Crippen molar-refractivity contribution in [3.63, 3.8) is 0 Å². The number of carbonyl (C=O) groups excluding carboxylic acids is 1. The van der Waals surface area contributed by atoms with Crippen LogP contribution in [0, 0.1) is 0 Å². The van der Waals surface area contributed by atoms with Crippen LogP contribution in [0.5, 0.6) is 0 Å². The van der Waals surface area contributed by atoms with Gasteiger partial charge >= 0.3 is 6.18 Å². The summed E-state index contributed by atoms with van der Waals surface area (Å²) < 4.78 is 70.3. The summed E-state index contributed by atoms with van der Waals surface area (Å²) in [5.74, 6) is -1.30. The molecule has 5 rings (SSSR count). The van der Waals surface area contributed by atoms with Gasteiger partial charge in [-0.3, -0.25) is 4.79 Å². The number of halogens is 5. The van der Waals surface area contributed by atoms with E-state index in [1.807, 2.05) is 0 Å². The highest BCUT2D eigenvalue weighted by Gasteiger charge is 2.39. The second-order valence-electron chi connectivity index (χ2n) is 8.66. The average Bonchev–Trinajstić information content (AvgIpc) is 3.25. The summed E-state index contributed by atoms with van der Waals surface area (Å²) >= 11 is 0. The van der Waals surface area contributed by atoms with Crippen LogP contribution in [-0.4, -0.2) is 43.5 Å². The van der Waals surface area contributed by atoms with E-state index in [0.717, 1.165) is 6.07 Å². The number of nitrogens with zero attached hydrogens (tertiary/aromatic N) is 5. The van der Waals surface area contributed by atoms with Gasteiger partial charge in [-0.25, -0.2) is 23.3 Å². The van der Waals surface area contributed by atoms with Crippen molar-refractivity contribution in [1.82, 2.24) is 24.5 Å². The molecule has 1 saturated heterocycles. The Kier molecular flexibility index (Phi) is 5.93. The summed E-state index contributed by atoms with van der Waals surface area (Å²) in [5, 5.41) is 4.16. The zero-order valence-corrected chi connectivity index (χ0v) is 18.8. The molecule has 6 nitrogen and oxygen atoms in total. The lowest BCUT2D eigenvalue weighted by Crippen LogP contribution is -2.41. The van der Waals surface area contributed by atoms with E-state index in [1.165, 1.54) is 33.8 Å². The van der Waals surface area contributed by atoms with Gasteiger partial charge in [0.1, 0.15) is 11.4 Å². The topological polar surface area (TPSA) is 63.4 Å². The van der Waals surface area contributed by atoms with Crippen LogP contribution in [-0.2, 0) is 6.18 Å². The monoisotopic (exact) mass is 501 g/mol. The van der Waals surface area contributed by atoms with Gasteiger partial charge in [0.15, 0.2) is 5.65 Å². The van der Waals surface area contributed by atoms with Gasteiger partial charge in [-0.2, -0.15) is 18.3 Å². The summed E-state index contributed by atoms with van der Waals surface area (Å²) in [6, 6.07) is 3.65. The lowest BCUT2D eigenvalue weighted by molar-refractivity contribution is -0.138. The highest BCUT2D eigenvalue weighted by atomic mass is 19.4. The van der Waals surface area contributed by atoms with Crippen molar-refractivity contribution < 1.29 is 26.7 Å². The van der Waals surface area contributed by atoms with Crippen molar-refractivity contribution in [3.05, 3.63) is 83.1 Å². The summed E-state index contributed by atoms with van der Waals surface area (Å²) in [6.07, 6.45) is 1.12. The lowest BCUT2D eigenvalue weighted by atomic mass is 9.93. The van der Waals surface area contributed by atoms with Gasteiger partial charge in [0, 0.05) is 30.6 Å². The Labute approximate surface area is 202 Å². The number of aromatic nitrogens is 4. The van der Waals surface area contributed by atoms with E-state index in [2.05, 4.69) is 21.6 Å². The maximum atomic E-state index is 14.0. The molecule has 1 amide bonds. The van der Waals surface area contributed by atoms with Crippen molar-refractivity contribution >= 4 is 23.2 Å². The molecule has 0 radical (unpaired) electrons. The van der Waals surface area contributed by atoms with Gasteiger partial charge in [0.2, 0.25) is 0 Å². The van der Waals surface area contributed by atoms with Crippen LogP contribution in [0.3, 0.4) is 0 Å². The SMILES string of the molecule is C=C1C=CC=Cc2cc(C(F)(F)F)c(C(=O)N3CCC[C@H](c4cc(C(F)F)nc5ccnn45)C3)nc21. The maximum Gasteiger partial charge on any atom is 0.418 e. The van der Waals surface area contributed by atoms with Crippen molar-refractivity contribution in [2.24, 2.45) is 0 Å². The van der Waals surface area contributed by atoms with Crippen LogP contribution in [0.15, 0.2) is 49.2 Å². The van der Waals surface area contributed by atoms with E-state index in [0.29, 0.717) is 24.1 Å². The zero-order chi connectivity index (χ0) is 25.6. The van der Waals surface area contributed by atoms with Crippen molar-refractivity contribution in [2.45, 2.75) is 31.4 Å². The third-order valence-corrected chi connectivity index (χ3v) is 6.31. The van der Waals surface area contributed by atoms with Gasteiger partial charge in [-0.1, -0.05) is 30.9 Å². The molecule has 186 valence electrons. The molecule has 1 fully saturated rings. The highest BCUT2D eigenvalue weighted by molar-refractivity contribution is 5.95. The van der Waals surface area contributed by atoms with Crippen LogP contribution in [0.25, 0.3) is 17.3 Å². The van der Waals surface area contributed by atoms with E-state index in [1.54, 1.807) is 18.2 Å². The van der Waals surface area contributed by atoms with E-state index >= 15 is 0 Å². The molecule has 36 heavy (non-hydrogen) atoms. The minimum atomic E-state index is -4.81. The van der Waals surface area contributed by atoms with Crippen LogP contribution in [0.1, 0.15) is 63.9 Å². The summed E-state index contributed by atoms with van der Waals surface area (Å²) in [7, 11) is 0. The number of pyridine rings is 1. The first-order valence-corrected chi connectivity index (χ1v) is 11.2. The second kappa shape index (κ2) is 8.96. The van der Waals surface area contributed by atoms with E-state index < -0.39 is 41.4 Å². The number of likely N-dealkylation sites (tertiary alicyclic amines) is 1. The zero-order valence-electron chi connectivity index (χ0n) is 18.8. The third kappa shape index (κ3) is 4.29. The number of carbonyl (C=O) groups is 1. The number of alkyl halides is 5. The summed E-state index contributed by atoms with van der Waals surface area (Å²) in [6.45, 7) is 4.08. The minimum Gasteiger partial charge on any atom is -0.337 e. The first-order valence-electron chi connectivity index (χ1n) is 11.2. The second-order valence-corrected chi connectivity index (χ2v) is 8.66. The predicted octanol–water partition coefficient (Wildman–Crippen LogP) is 5.70. The molecule has 3 aromatic heterocycles. The molecule has 1 atom stereocenters. The van der Waals surface area contributed by atoms with Gasteiger partial charge in [-0.15, -0.1) is 0 Å². The number of piperidine rings is 1. The molecule has 3 aromatic rings. The molecule has 11 heteroatoms. The van der Waals surface area contributed by atoms with Gasteiger partial charge < -0.3 is 4.90 Å². The van der Waals surface area contributed by atoms with Gasteiger partial charge in [-0.05, 0) is 30.5 Å². The third-order valence-electron chi connectivity index (χ3n) is 6.31. The fourth-order valence-electron chi connectivity index (χ4n) is 4.61. The highest BCUT2D eigenvalue weighted by Crippen LogP contribution is 2.36. The van der Waals surface area contributed by atoms with Crippen LogP contribution < -0.4 is 0 Å². The Balaban J connectivity index is 1.53. The minimum absolute atomic E-state index is 0.0251. The van der Waals surface area contributed by atoms with E-state index in [4.69, 9.17) is 0 Å². The first kappa shape index (κ1) is 23.8. The molecule has 0 spiro atoms. The molecule has 1 aliphatic carbocycles. The fraction of sp³-hybridized carbons (Fsp3) is 0.280. The number of fused-ring (bicyclic) bond motifs is 2. The van der Waals surface area contributed by atoms with Crippen LogP contribution in [0.2, 0.25) is 0 Å². The number of hydrogen-bond donors (Lipinski definition) is 0. The maximum absolute atomic E-state index is 14.0. The Hall–Kier alpha value is -3.89. The standard InChI is InChI=1S/C25H20F5N5O/c1-14-5-2-3-6-15-11-17(25(28,29)30)22(33-21(14)15)24(36)34-10-4-7-16(13-34)19-12-18(23(26)27)32-20-8-9-31-35(19)20/h2-3,5-6,8-9,11-12,16,23H,1,4,7,10,13H2/t16-/m0/s1. The summed E-state index contributed by atoms with van der Waals surface area (Å²) in [4.78, 5) is 22.8. The predicted molar refractivity (Wildman–Crippen MR) is 122 cm³/mol. The molecule has 2 aliphatic rings. The average molecular weight is 501 g/mol. The Morgan fingerprint density at radius 3 is 2.67 bits per heavy atom. The number of hydrogen-bond acceptors (Lipinski definition) is 4. The lowest BCUT2D eigenvalue weighted by Gasteiger charge is -2.33. The molecule has 0 unspecified atom stereocenters. The van der Waals surface area contributed by atoms with Crippen LogP contribution >= 0.6 is 0 Å². The summed E-state index contributed by atoms with van der Waals surface area (Å²) in [5.41, 5.74) is -0.823. The quantitative estimate of drug-likeness (QED) is 0.432. The Morgan fingerprint density at radius 1 is 1.14 bits per heavy atom. The van der Waals surface area contributed by atoms with Crippen molar-refractivity contribution in [3.8, 4) is 0 Å². The smallest absolute Gasteiger partial charge is 0.337 e. The Bertz CT molecular complexity index is 1420. The molecular formula is C25H20F5N5O. The number of rotatable bonds is 3. The van der Waals surface area contributed by atoms with Crippen LogP contribution in [0.4, 0.5) is 22.0 Å². The van der Waals surface area contributed by atoms with Gasteiger partial charge in [0.25, 0.3) is 12.3 Å². The molecule has 0 saturated carbocycles. The number of allylic oxidation sites excluding steroid dienone is 4. The number of amides is 1. The molecule has 0 aromatic carbocycles. The molecule has 0 N–H and O–H groups in total. The van der Waals surface area contributed by atoms with Crippen molar-refractivity contribution in [1.29, 1.82) is 0 Å². The molecule has 0 bridgehead atoms. The molecule has 1 aliphatic heterocycles. The Morgan fingerprint density at radius 2 is 1.92 bits per heavy atom.